The lowest BCUT2D eigenvalue weighted by molar-refractivity contribution is -0.119. The summed E-state index contributed by atoms with van der Waals surface area (Å²) in [7, 11) is 0. The van der Waals surface area contributed by atoms with E-state index in [9.17, 15) is 4.79 Å². The Bertz CT molecular complexity index is 258. The van der Waals surface area contributed by atoms with E-state index in [1.165, 1.54) is 0 Å². The van der Waals surface area contributed by atoms with E-state index in [1.54, 1.807) is 0 Å². The van der Waals surface area contributed by atoms with Gasteiger partial charge in [-0.1, -0.05) is 6.08 Å². The van der Waals surface area contributed by atoms with Gasteiger partial charge in [0.25, 0.3) is 0 Å². The molecule has 1 radical (unpaired) electrons. The Balaban J connectivity index is 1.82. The average molecular weight is 223 g/mol. The van der Waals surface area contributed by atoms with Crippen LogP contribution in [0.15, 0.2) is 11.6 Å². The van der Waals surface area contributed by atoms with E-state index in [-0.39, 0.29) is 5.92 Å². The molecule has 1 heterocycles. The normalized spacial score (nSPS) is 24.4. The fourth-order valence-corrected chi connectivity index (χ4v) is 2.03. The Labute approximate surface area is 96.8 Å². The molecule has 1 aliphatic heterocycles. The third kappa shape index (κ3) is 3.72. The molecule has 1 aliphatic carbocycles. The lowest BCUT2D eigenvalue weighted by Gasteiger charge is -2.13. The zero-order valence-corrected chi connectivity index (χ0v) is 9.61. The molecule has 0 unspecified atom stereocenters. The Hall–Kier alpha value is -0.670. The maximum absolute atomic E-state index is 11.9. The number of allylic oxidation sites excluding steroid dienone is 2. The molecule has 0 aromatic rings. The number of hydrogen-bond acceptors (Lipinski definition) is 3. The first-order chi connectivity index (χ1) is 7.88. The van der Waals surface area contributed by atoms with Gasteiger partial charge in [0.2, 0.25) is 0 Å². The van der Waals surface area contributed by atoms with E-state index in [0.717, 1.165) is 44.5 Å². The van der Waals surface area contributed by atoms with Crippen LogP contribution in [0.5, 0.6) is 0 Å². The number of carbonyl (C=O) groups excluding carboxylic acids is 1. The van der Waals surface area contributed by atoms with Gasteiger partial charge >= 0.3 is 0 Å². The second kappa shape index (κ2) is 6.16. The van der Waals surface area contributed by atoms with E-state index in [2.05, 4.69) is 0 Å². The van der Waals surface area contributed by atoms with Crippen molar-refractivity contribution < 1.29 is 14.3 Å². The molecule has 2 aliphatic rings. The topological polar surface area (TPSA) is 35.5 Å². The van der Waals surface area contributed by atoms with E-state index in [1.807, 2.05) is 12.5 Å². The lowest BCUT2D eigenvalue weighted by Crippen LogP contribution is -2.15. The first kappa shape index (κ1) is 11.8. The monoisotopic (exact) mass is 223 g/mol. The molecule has 0 aromatic heterocycles. The summed E-state index contributed by atoms with van der Waals surface area (Å²) < 4.78 is 10.8. The zero-order valence-electron chi connectivity index (χ0n) is 9.61. The van der Waals surface area contributed by atoms with E-state index in [0.29, 0.717) is 19.0 Å². The summed E-state index contributed by atoms with van der Waals surface area (Å²) in [5.74, 6) is 0.495. The van der Waals surface area contributed by atoms with Crippen LogP contribution in [0.2, 0.25) is 0 Å². The van der Waals surface area contributed by atoms with E-state index < -0.39 is 0 Å². The van der Waals surface area contributed by atoms with Gasteiger partial charge in [0, 0.05) is 25.6 Å². The molecular formula is C13H19O3. The molecule has 0 N–H and O–H groups in total. The SMILES string of the molecule is O=C(C1=C[CH]1)C1CCCOCCOCCC1. The summed E-state index contributed by atoms with van der Waals surface area (Å²) in [6, 6.07) is 0. The predicted octanol–water partition coefficient (Wildman–Crippen LogP) is 1.92. The molecule has 0 spiro atoms. The van der Waals surface area contributed by atoms with Crippen molar-refractivity contribution in [3.05, 3.63) is 18.1 Å². The van der Waals surface area contributed by atoms with Crippen LogP contribution in [0.25, 0.3) is 0 Å². The van der Waals surface area contributed by atoms with Gasteiger partial charge in [0.1, 0.15) is 0 Å². The van der Waals surface area contributed by atoms with Crippen LogP contribution in [0.4, 0.5) is 0 Å². The van der Waals surface area contributed by atoms with Gasteiger partial charge < -0.3 is 9.47 Å². The van der Waals surface area contributed by atoms with Crippen molar-refractivity contribution in [3.63, 3.8) is 0 Å². The van der Waals surface area contributed by atoms with Crippen molar-refractivity contribution >= 4 is 5.78 Å². The predicted molar refractivity (Wildman–Crippen MR) is 61.0 cm³/mol. The number of Topliss-reactive ketones (excluding diaryl/α,β-unsaturated/α-hetero) is 1. The van der Waals surface area contributed by atoms with E-state index >= 15 is 0 Å². The zero-order chi connectivity index (χ0) is 11.2. The molecule has 1 saturated heterocycles. The first-order valence-corrected chi connectivity index (χ1v) is 6.12. The fourth-order valence-electron chi connectivity index (χ4n) is 2.03. The molecule has 0 bridgehead atoms. The molecule has 3 nitrogen and oxygen atoms in total. The molecule has 0 atom stereocenters. The first-order valence-electron chi connectivity index (χ1n) is 6.12. The Kier molecular flexibility index (Phi) is 4.55. The van der Waals surface area contributed by atoms with Crippen molar-refractivity contribution in [1.82, 2.24) is 0 Å². The highest BCUT2D eigenvalue weighted by atomic mass is 16.5. The number of hydrogen-bond donors (Lipinski definition) is 0. The minimum Gasteiger partial charge on any atom is -0.379 e. The second-order valence-corrected chi connectivity index (χ2v) is 4.36. The summed E-state index contributed by atoms with van der Waals surface area (Å²) in [4.78, 5) is 11.9. The maximum Gasteiger partial charge on any atom is 0.162 e. The van der Waals surface area contributed by atoms with Crippen molar-refractivity contribution in [2.75, 3.05) is 26.4 Å². The third-order valence-corrected chi connectivity index (χ3v) is 3.04. The van der Waals surface area contributed by atoms with Gasteiger partial charge in [0.15, 0.2) is 5.78 Å². The quantitative estimate of drug-likeness (QED) is 0.717. The van der Waals surface area contributed by atoms with Crippen LogP contribution in [0, 0.1) is 12.3 Å². The van der Waals surface area contributed by atoms with Crippen molar-refractivity contribution in [1.29, 1.82) is 0 Å². The summed E-state index contributed by atoms with van der Waals surface area (Å²) in [5, 5.41) is 0. The fraction of sp³-hybridized carbons (Fsp3) is 0.692. The lowest BCUT2D eigenvalue weighted by atomic mass is 9.92. The third-order valence-electron chi connectivity index (χ3n) is 3.04. The number of carbonyl (C=O) groups is 1. The van der Waals surface area contributed by atoms with Crippen LogP contribution in [0.3, 0.4) is 0 Å². The number of rotatable bonds is 2. The molecule has 16 heavy (non-hydrogen) atoms. The number of ketones is 1. The summed E-state index contributed by atoms with van der Waals surface area (Å²) in [5.41, 5.74) is 0.918. The largest absolute Gasteiger partial charge is 0.379 e. The van der Waals surface area contributed by atoms with Gasteiger partial charge in [-0.2, -0.15) is 0 Å². The van der Waals surface area contributed by atoms with Gasteiger partial charge in [-0.15, -0.1) is 0 Å². The van der Waals surface area contributed by atoms with Crippen molar-refractivity contribution in [3.8, 4) is 0 Å². The molecule has 0 aromatic carbocycles. The maximum atomic E-state index is 11.9. The van der Waals surface area contributed by atoms with Crippen LogP contribution in [-0.4, -0.2) is 32.2 Å². The van der Waals surface area contributed by atoms with Gasteiger partial charge in [-0.25, -0.2) is 0 Å². The molecule has 2 rings (SSSR count). The van der Waals surface area contributed by atoms with Crippen LogP contribution >= 0.6 is 0 Å². The second-order valence-electron chi connectivity index (χ2n) is 4.36. The summed E-state index contributed by atoms with van der Waals surface area (Å²) >= 11 is 0. The summed E-state index contributed by atoms with van der Waals surface area (Å²) in [6.45, 7) is 2.85. The molecule has 1 fully saturated rings. The number of ether oxygens (including phenoxy) is 2. The summed E-state index contributed by atoms with van der Waals surface area (Å²) in [6.07, 6.45) is 7.65. The highest BCUT2D eigenvalue weighted by Gasteiger charge is 2.25. The highest BCUT2D eigenvalue weighted by molar-refractivity contribution is 6.04. The van der Waals surface area contributed by atoms with Gasteiger partial charge in [-0.3, -0.25) is 4.79 Å². The highest BCUT2D eigenvalue weighted by Crippen LogP contribution is 2.27. The van der Waals surface area contributed by atoms with Crippen molar-refractivity contribution in [2.45, 2.75) is 25.7 Å². The molecule has 0 amide bonds. The Morgan fingerprint density at radius 3 is 2.12 bits per heavy atom. The van der Waals surface area contributed by atoms with Crippen LogP contribution in [0.1, 0.15) is 25.7 Å². The Morgan fingerprint density at radius 2 is 1.62 bits per heavy atom. The van der Waals surface area contributed by atoms with Gasteiger partial charge in [-0.05, 0) is 31.3 Å². The van der Waals surface area contributed by atoms with Crippen molar-refractivity contribution in [2.24, 2.45) is 5.92 Å². The molecular weight excluding hydrogens is 204 g/mol. The molecule has 89 valence electrons. The van der Waals surface area contributed by atoms with Crippen LogP contribution < -0.4 is 0 Å². The smallest absolute Gasteiger partial charge is 0.162 e. The minimum atomic E-state index is 0.176. The average Bonchev–Trinajstić information content (AvgIpc) is 3.12. The molecule has 0 saturated carbocycles. The minimum absolute atomic E-state index is 0.176. The van der Waals surface area contributed by atoms with E-state index in [4.69, 9.17) is 9.47 Å². The van der Waals surface area contributed by atoms with Gasteiger partial charge in [0.05, 0.1) is 13.2 Å². The molecule has 3 heteroatoms. The van der Waals surface area contributed by atoms with Crippen LogP contribution in [-0.2, 0) is 14.3 Å². The standard InChI is InChI=1S/C13H19O3/c14-13(12-5-6-12)11-3-1-7-15-9-10-16-8-2-4-11/h5-6,11H,1-4,7-10H2. The Morgan fingerprint density at radius 1 is 1.06 bits per heavy atom.